The number of aryl methyl sites for hydroxylation is 1. The molecule has 0 aliphatic rings. The van der Waals surface area contributed by atoms with Crippen LogP contribution in [0.15, 0.2) is 42.5 Å². The first-order chi connectivity index (χ1) is 13.4. The molecule has 28 heavy (non-hydrogen) atoms. The zero-order valence-electron chi connectivity index (χ0n) is 16.3. The number of rotatable bonds is 6. The lowest BCUT2D eigenvalue weighted by atomic mass is 10.0. The molecule has 0 aliphatic carbocycles. The number of fused-ring (bicyclic) bond motifs is 1. The molecule has 146 valence electrons. The second-order valence-electron chi connectivity index (χ2n) is 6.88. The number of para-hydroxylation sites is 1. The summed E-state index contributed by atoms with van der Waals surface area (Å²) in [6.45, 7) is 5.70. The highest BCUT2D eigenvalue weighted by atomic mass is 32.1. The SMILES string of the molecule is COc1cccc2sc(NC(=O)[C@@H](NC(=O)c3cccc(C)c3)C(C)C)nc12. The molecule has 2 aromatic carbocycles. The van der Waals surface area contributed by atoms with E-state index in [1.165, 1.54) is 11.3 Å². The summed E-state index contributed by atoms with van der Waals surface area (Å²) >= 11 is 1.37. The number of methoxy groups -OCH3 is 1. The summed E-state index contributed by atoms with van der Waals surface area (Å²) in [5.74, 6) is -0.00220. The van der Waals surface area contributed by atoms with Gasteiger partial charge in [-0.3, -0.25) is 9.59 Å². The van der Waals surface area contributed by atoms with Crippen molar-refractivity contribution in [2.75, 3.05) is 12.4 Å². The lowest BCUT2D eigenvalue weighted by molar-refractivity contribution is -0.118. The predicted octanol–water partition coefficient (Wildman–Crippen LogP) is 4.01. The third-order valence-corrected chi connectivity index (χ3v) is 5.28. The molecule has 1 atom stereocenters. The second kappa shape index (κ2) is 8.39. The molecule has 0 radical (unpaired) electrons. The minimum Gasteiger partial charge on any atom is -0.494 e. The molecule has 0 bridgehead atoms. The number of anilines is 1. The van der Waals surface area contributed by atoms with Crippen LogP contribution in [-0.2, 0) is 4.79 Å². The van der Waals surface area contributed by atoms with Crippen LogP contribution in [0.4, 0.5) is 5.13 Å². The highest BCUT2D eigenvalue weighted by molar-refractivity contribution is 7.22. The fourth-order valence-electron chi connectivity index (χ4n) is 2.87. The number of carbonyl (C=O) groups excluding carboxylic acids is 2. The van der Waals surface area contributed by atoms with Gasteiger partial charge in [0.2, 0.25) is 5.91 Å². The average molecular weight is 398 g/mol. The van der Waals surface area contributed by atoms with Crippen molar-refractivity contribution >= 4 is 38.5 Å². The molecule has 3 rings (SSSR count). The second-order valence-corrected chi connectivity index (χ2v) is 7.91. The highest BCUT2D eigenvalue weighted by Crippen LogP contribution is 2.32. The molecule has 0 spiro atoms. The first-order valence-corrected chi connectivity index (χ1v) is 9.82. The van der Waals surface area contributed by atoms with Gasteiger partial charge in [0.1, 0.15) is 17.3 Å². The normalized spacial score (nSPS) is 12.0. The van der Waals surface area contributed by atoms with E-state index >= 15 is 0 Å². The van der Waals surface area contributed by atoms with Gasteiger partial charge in [-0.05, 0) is 37.1 Å². The maximum Gasteiger partial charge on any atom is 0.251 e. The molecule has 3 aromatic rings. The fraction of sp³-hybridized carbons (Fsp3) is 0.286. The van der Waals surface area contributed by atoms with Crippen molar-refractivity contribution in [1.82, 2.24) is 10.3 Å². The Hall–Kier alpha value is -2.93. The maximum atomic E-state index is 12.8. The lowest BCUT2D eigenvalue weighted by Gasteiger charge is -2.21. The summed E-state index contributed by atoms with van der Waals surface area (Å²) in [6.07, 6.45) is 0. The van der Waals surface area contributed by atoms with Crippen LogP contribution >= 0.6 is 11.3 Å². The van der Waals surface area contributed by atoms with Gasteiger partial charge in [-0.2, -0.15) is 0 Å². The fourth-order valence-corrected chi connectivity index (χ4v) is 3.76. The number of nitrogens with one attached hydrogen (secondary N) is 2. The molecule has 0 saturated heterocycles. The molecule has 1 aromatic heterocycles. The van der Waals surface area contributed by atoms with Crippen molar-refractivity contribution < 1.29 is 14.3 Å². The van der Waals surface area contributed by atoms with Crippen LogP contribution < -0.4 is 15.4 Å². The van der Waals surface area contributed by atoms with E-state index in [0.717, 1.165) is 10.3 Å². The average Bonchev–Trinajstić information content (AvgIpc) is 3.07. The summed E-state index contributed by atoms with van der Waals surface area (Å²) in [5.41, 5.74) is 2.22. The van der Waals surface area contributed by atoms with E-state index in [1.807, 2.05) is 51.1 Å². The number of hydrogen-bond donors (Lipinski definition) is 2. The Morgan fingerprint density at radius 2 is 1.89 bits per heavy atom. The van der Waals surface area contributed by atoms with E-state index in [0.29, 0.717) is 22.0 Å². The van der Waals surface area contributed by atoms with Gasteiger partial charge in [0.25, 0.3) is 5.91 Å². The van der Waals surface area contributed by atoms with E-state index in [-0.39, 0.29) is 17.7 Å². The topological polar surface area (TPSA) is 80.3 Å². The van der Waals surface area contributed by atoms with Crippen LogP contribution in [0.5, 0.6) is 5.75 Å². The number of ether oxygens (including phenoxy) is 1. The molecule has 2 N–H and O–H groups in total. The van der Waals surface area contributed by atoms with E-state index < -0.39 is 6.04 Å². The molecule has 0 unspecified atom stereocenters. The van der Waals surface area contributed by atoms with E-state index in [9.17, 15) is 9.59 Å². The summed E-state index contributed by atoms with van der Waals surface area (Å²) < 4.78 is 6.23. The number of nitrogens with zero attached hydrogens (tertiary/aromatic N) is 1. The Morgan fingerprint density at radius 1 is 1.14 bits per heavy atom. The van der Waals surface area contributed by atoms with Crippen LogP contribution in [0.2, 0.25) is 0 Å². The number of amides is 2. The number of benzene rings is 2. The van der Waals surface area contributed by atoms with Crippen molar-refractivity contribution in [1.29, 1.82) is 0 Å². The molecule has 6 nitrogen and oxygen atoms in total. The first-order valence-electron chi connectivity index (χ1n) is 9.01. The quantitative estimate of drug-likeness (QED) is 0.659. The maximum absolute atomic E-state index is 12.8. The van der Waals surface area contributed by atoms with Gasteiger partial charge in [-0.25, -0.2) is 4.98 Å². The molecule has 2 amide bonds. The van der Waals surface area contributed by atoms with Crippen molar-refractivity contribution in [2.24, 2.45) is 5.92 Å². The van der Waals surface area contributed by atoms with Crippen molar-refractivity contribution in [3.8, 4) is 5.75 Å². The molecular formula is C21H23N3O3S. The number of hydrogen-bond acceptors (Lipinski definition) is 5. The van der Waals surface area contributed by atoms with Gasteiger partial charge in [0.05, 0.1) is 11.8 Å². The van der Waals surface area contributed by atoms with Crippen LogP contribution in [0, 0.1) is 12.8 Å². The Balaban J connectivity index is 1.77. The zero-order valence-corrected chi connectivity index (χ0v) is 17.1. The smallest absolute Gasteiger partial charge is 0.251 e. The third kappa shape index (κ3) is 4.31. The molecule has 7 heteroatoms. The Kier molecular flexibility index (Phi) is 5.94. The predicted molar refractivity (Wildman–Crippen MR) is 112 cm³/mol. The first kappa shape index (κ1) is 19.8. The van der Waals surface area contributed by atoms with Crippen molar-refractivity contribution in [2.45, 2.75) is 26.8 Å². The minimum absolute atomic E-state index is 0.0855. The Morgan fingerprint density at radius 3 is 2.57 bits per heavy atom. The van der Waals surface area contributed by atoms with E-state index in [4.69, 9.17) is 4.74 Å². The number of thiazole rings is 1. The van der Waals surface area contributed by atoms with Crippen LogP contribution in [0.25, 0.3) is 10.2 Å². The van der Waals surface area contributed by atoms with Gasteiger partial charge >= 0.3 is 0 Å². The molecule has 0 saturated carbocycles. The largest absolute Gasteiger partial charge is 0.494 e. The Labute approximate surface area is 167 Å². The van der Waals surface area contributed by atoms with Crippen molar-refractivity contribution in [3.05, 3.63) is 53.6 Å². The zero-order chi connectivity index (χ0) is 20.3. The summed E-state index contributed by atoms with van der Waals surface area (Å²) in [4.78, 5) is 29.9. The van der Waals surface area contributed by atoms with Crippen LogP contribution in [0.3, 0.4) is 0 Å². The monoisotopic (exact) mass is 397 g/mol. The van der Waals surface area contributed by atoms with Crippen LogP contribution in [-0.4, -0.2) is 29.9 Å². The van der Waals surface area contributed by atoms with Gasteiger partial charge in [0.15, 0.2) is 5.13 Å². The van der Waals surface area contributed by atoms with Gasteiger partial charge in [-0.15, -0.1) is 0 Å². The summed E-state index contributed by atoms with van der Waals surface area (Å²) in [6, 6.07) is 12.2. The van der Waals surface area contributed by atoms with Crippen molar-refractivity contribution in [3.63, 3.8) is 0 Å². The molecule has 0 fully saturated rings. The lowest BCUT2D eigenvalue weighted by Crippen LogP contribution is -2.47. The molecule has 0 aliphatic heterocycles. The highest BCUT2D eigenvalue weighted by Gasteiger charge is 2.26. The van der Waals surface area contributed by atoms with E-state index in [2.05, 4.69) is 15.6 Å². The number of carbonyl (C=O) groups is 2. The summed E-state index contributed by atoms with van der Waals surface area (Å²) in [5, 5.41) is 6.14. The van der Waals surface area contributed by atoms with Gasteiger partial charge in [0, 0.05) is 5.56 Å². The molecular weight excluding hydrogens is 374 g/mol. The van der Waals surface area contributed by atoms with Crippen LogP contribution in [0.1, 0.15) is 29.8 Å². The van der Waals surface area contributed by atoms with Gasteiger partial charge < -0.3 is 15.4 Å². The summed E-state index contributed by atoms with van der Waals surface area (Å²) in [7, 11) is 1.59. The minimum atomic E-state index is -0.679. The number of aromatic nitrogens is 1. The Bertz CT molecular complexity index is 1010. The van der Waals surface area contributed by atoms with Gasteiger partial charge in [-0.1, -0.05) is 48.9 Å². The third-order valence-electron chi connectivity index (χ3n) is 4.35. The molecule has 1 heterocycles. The van der Waals surface area contributed by atoms with E-state index in [1.54, 1.807) is 19.2 Å². The standard InChI is InChI=1S/C21H23N3O3S/c1-12(2)17(22-19(25)14-8-5-7-13(3)11-14)20(26)24-21-23-18-15(27-4)9-6-10-16(18)28-21/h5-12,17H,1-4H3,(H,22,25)(H,23,24,26)/t17-/m0/s1.